The molecule has 0 saturated carbocycles. The van der Waals surface area contributed by atoms with Crippen LogP contribution in [0, 0.1) is 0 Å². The van der Waals surface area contributed by atoms with Crippen LogP contribution in [0.4, 0.5) is 34.1 Å². The molecule has 2 heterocycles. The van der Waals surface area contributed by atoms with E-state index >= 15 is 0 Å². The van der Waals surface area contributed by atoms with E-state index < -0.39 is 8.07 Å². The molecule has 0 fully saturated rings. The number of rotatable bonds is 6. The second kappa shape index (κ2) is 14.9. The number of nitrogens with zero attached hydrogens (tertiary/aromatic N) is 2. The molecule has 63 heavy (non-hydrogen) atoms. The highest BCUT2D eigenvalue weighted by atomic mass is 32.2. The Morgan fingerprint density at radius 3 is 1.06 bits per heavy atom. The molecule has 0 saturated heterocycles. The fourth-order valence-electron chi connectivity index (χ4n) is 11.3. The quantitative estimate of drug-likeness (QED) is 0.154. The van der Waals surface area contributed by atoms with Crippen molar-refractivity contribution < 1.29 is 0 Å². The highest BCUT2D eigenvalue weighted by molar-refractivity contribution is 8.00. The molecule has 12 rings (SSSR count). The number of para-hydroxylation sites is 4. The van der Waals surface area contributed by atoms with Gasteiger partial charge in [-0.05, 0) is 131 Å². The molecule has 0 bridgehead atoms. The first kappa shape index (κ1) is 38.4. The van der Waals surface area contributed by atoms with E-state index in [2.05, 4.69) is 231 Å². The molecule has 2 atom stereocenters. The Labute approximate surface area is 380 Å². The largest absolute Gasteiger partial charge is 0.308 e. The molecule has 0 unspecified atom stereocenters. The average Bonchev–Trinajstić information content (AvgIpc) is 3.85. The molecule has 0 spiro atoms. The van der Waals surface area contributed by atoms with E-state index in [0.717, 1.165) is 0 Å². The van der Waals surface area contributed by atoms with Gasteiger partial charge in [0.05, 0.1) is 30.8 Å². The summed E-state index contributed by atoms with van der Waals surface area (Å²) < 4.78 is 0. The van der Waals surface area contributed by atoms with Gasteiger partial charge in [0.1, 0.15) is 0 Å². The molecule has 4 aliphatic rings. The number of hydrogen-bond acceptors (Lipinski definition) is 4. The van der Waals surface area contributed by atoms with E-state index in [0.29, 0.717) is 11.1 Å². The molecule has 8 aromatic rings. The summed E-state index contributed by atoms with van der Waals surface area (Å²) in [6.45, 7) is 10.2. The third-order valence-corrected chi connectivity index (χ3v) is 20.5. The van der Waals surface area contributed by atoms with E-state index in [-0.39, 0.29) is 0 Å². The first-order chi connectivity index (χ1) is 30.8. The number of allylic oxidation sites excluding steroid dienone is 2. The highest BCUT2D eigenvalue weighted by Crippen LogP contribution is 2.59. The monoisotopic (exact) mass is 862 g/mol. The summed E-state index contributed by atoms with van der Waals surface area (Å²) in [5.41, 5.74) is 21.7. The third-order valence-electron chi connectivity index (χ3n) is 13.7. The SMILES string of the molecule is CC1=Cc2c(-c3ccccc3)cc(N3c4ccccc4Sc4ccccc43)cc2[C@@H]1[Si](C)(C)[C@H]1C(C)=Cc2c(-c3ccccc3)cc(N3c4ccccc4Sc4ccccc43)cc21. The van der Waals surface area contributed by atoms with Crippen molar-refractivity contribution in [2.75, 3.05) is 9.80 Å². The maximum Gasteiger partial charge on any atom is 0.0722 e. The molecule has 0 amide bonds. The van der Waals surface area contributed by atoms with Crippen molar-refractivity contribution in [3.05, 3.63) is 215 Å². The van der Waals surface area contributed by atoms with E-state index in [4.69, 9.17) is 0 Å². The summed E-state index contributed by atoms with van der Waals surface area (Å²) in [5.74, 6) is 0. The van der Waals surface area contributed by atoms with Gasteiger partial charge >= 0.3 is 0 Å². The van der Waals surface area contributed by atoms with Crippen LogP contribution in [0.25, 0.3) is 34.4 Å². The third kappa shape index (κ3) is 6.16. The molecular weight excluding hydrogens is 817 g/mol. The summed E-state index contributed by atoms with van der Waals surface area (Å²) in [6, 6.07) is 67.8. The molecule has 2 nitrogen and oxygen atoms in total. The maximum atomic E-state index is 2.68. The fraction of sp³-hybridized carbons (Fsp3) is 0.103. The number of fused-ring (bicyclic) bond motifs is 6. The standard InChI is InChI=1S/C58H46N2S2Si/c1-37-31-45-43(39-19-7-5-8-20-39)33-41(59-49-23-11-15-27-53(49)61-54-28-16-12-24-50(54)59)35-47(45)57(37)63(3,4)58-38(2)32-46-44(40-21-9-6-10-22-40)34-42(36-48(46)58)60-51-25-13-17-29-55(51)62-56-30-18-14-26-52(56)60/h5-36,57-58H,1-4H3/t57-,58+. The normalized spacial score (nSPS) is 16.9. The second-order valence-electron chi connectivity index (χ2n) is 17.9. The zero-order valence-corrected chi connectivity index (χ0v) is 38.5. The summed E-state index contributed by atoms with van der Waals surface area (Å²) in [5, 5.41) is 0. The van der Waals surface area contributed by atoms with Crippen LogP contribution >= 0.6 is 23.5 Å². The van der Waals surface area contributed by atoms with Crippen molar-refractivity contribution in [3.8, 4) is 22.3 Å². The molecular formula is C58H46N2S2Si. The molecule has 2 aliphatic carbocycles. The van der Waals surface area contributed by atoms with Gasteiger partial charge in [-0.15, -0.1) is 0 Å². The lowest BCUT2D eigenvalue weighted by Crippen LogP contribution is -2.42. The second-order valence-corrected chi connectivity index (χ2v) is 24.9. The summed E-state index contributed by atoms with van der Waals surface area (Å²) >= 11 is 3.74. The van der Waals surface area contributed by atoms with Crippen LogP contribution in [-0.4, -0.2) is 8.07 Å². The summed E-state index contributed by atoms with van der Waals surface area (Å²) in [6.07, 6.45) is 5.07. The Hall–Kier alpha value is -6.24. The Bertz CT molecular complexity index is 2900. The van der Waals surface area contributed by atoms with Crippen LogP contribution in [-0.2, 0) is 0 Å². The van der Waals surface area contributed by atoms with E-state index in [9.17, 15) is 0 Å². The number of benzene rings is 8. The van der Waals surface area contributed by atoms with Gasteiger partial charge in [-0.1, -0.05) is 169 Å². The van der Waals surface area contributed by atoms with Crippen molar-refractivity contribution in [1.82, 2.24) is 0 Å². The van der Waals surface area contributed by atoms with Crippen molar-refractivity contribution in [2.24, 2.45) is 0 Å². The minimum atomic E-state index is -2.33. The van der Waals surface area contributed by atoms with Crippen LogP contribution in [0.15, 0.2) is 213 Å². The van der Waals surface area contributed by atoms with Gasteiger partial charge in [-0.2, -0.15) is 0 Å². The first-order valence-corrected chi connectivity index (χ1v) is 26.8. The lowest BCUT2D eigenvalue weighted by Gasteiger charge is -2.40. The lowest BCUT2D eigenvalue weighted by atomic mass is 9.95. The minimum absolute atomic E-state index is 0.301. The van der Waals surface area contributed by atoms with Crippen LogP contribution < -0.4 is 9.80 Å². The first-order valence-electron chi connectivity index (χ1n) is 22.0. The van der Waals surface area contributed by atoms with Gasteiger partial charge in [0.15, 0.2) is 0 Å². The van der Waals surface area contributed by atoms with Gasteiger partial charge in [0, 0.05) is 42.0 Å². The Morgan fingerprint density at radius 2 is 0.714 bits per heavy atom. The molecule has 5 heteroatoms. The van der Waals surface area contributed by atoms with Crippen LogP contribution in [0.1, 0.15) is 47.2 Å². The maximum absolute atomic E-state index is 2.68. The highest BCUT2D eigenvalue weighted by Gasteiger charge is 2.48. The predicted octanol–water partition coefficient (Wildman–Crippen LogP) is 17.4. The summed E-state index contributed by atoms with van der Waals surface area (Å²) in [7, 11) is -2.33. The lowest BCUT2D eigenvalue weighted by molar-refractivity contribution is 0.967. The zero-order chi connectivity index (χ0) is 42.4. The number of hydrogen-bond donors (Lipinski definition) is 0. The van der Waals surface area contributed by atoms with Gasteiger partial charge in [-0.25, -0.2) is 0 Å². The van der Waals surface area contributed by atoms with Gasteiger partial charge in [0.2, 0.25) is 0 Å². The predicted molar refractivity (Wildman–Crippen MR) is 272 cm³/mol. The van der Waals surface area contributed by atoms with Gasteiger partial charge in [-0.3, -0.25) is 0 Å². The number of anilines is 6. The fourth-order valence-corrected chi connectivity index (χ4v) is 18.4. The molecule has 2 aliphatic heterocycles. The summed E-state index contributed by atoms with van der Waals surface area (Å²) in [4.78, 5) is 10.2. The van der Waals surface area contributed by atoms with Crippen molar-refractivity contribution in [3.63, 3.8) is 0 Å². The molecule has 0 radical (unpaired) electrons. The molecule has 0 aromatic heterocycles. The average molecular weight is 863 g/mol. The van der Waals surface area contributed by atoms with Crippen LogP contribution in [0.3, 0.4) is 0 Å². The molecule has 8 aromatic carbocycles. The topological polar surface area (TPSA) is 6.48 Å². The van der Waals surface area contributed by atoms with Crippen LogP contribution in [0.2, 0.25) is 13.1 Å². The Kier molecular flexibility index (Phi) is 9.12. The van der Waals surface area contributed by atoms with E-state index in [1.165, 1.54) is 109 Å². The van der Waals surface area contributed by atoms with Gasteiger partial charge < -0.3 is 9.80 Å². The van der Waals surface area contributed by atoms with Crippen molar-refractivity contribution >= 4 is 77.9 Å². The minimum Gasteiger partial charge on any atom is -0.308 e. The van der Waals surface area contributed by atoms with Crippen LogP contribution in [0.5, 0.6) is 0 Å². The molecule has 304 valence electrons. The van der Waals surface area contributed by atoms with E-state index in [1.54, 1.807) is 0 Å². The van der Waals surface area contributed by atoms with E-state index in [1.807, 2.05) is 23.5 Å². The zero-order valence-electron chi connectivity index (χ0n) is 35.8. The Balaban J connectivity index is 1.06. The van der Waals surface area contributed by atoms with Crippen molar-refractivity contribution in [1.29, 1.82) is 0 Å². The van der Waals surface area contributed by atoms with Gasteiger partial charge in [0.25, 0.3) is 0 Å². The van der Waals surface area contributed by atoms with Crippen molar-refractivity contribution in [2.45, 2.75) is 57.6 Å². The smallest absolute Gasteiger partial charge is 0.0722 e. The molecule has 0 N–H and O–H groups in total. The Morgan fingerprint density at radius 1 is 0.397 bits per heavy atom.